The van der Waals surface area contributed by atoms with Gasteiger partial charge in [-0.1, -0.05) is 29.8 Å². The molecule has 1 amide bonds. The minimum Gasteiger partial charge on any atom is -0.349 e. The van der Waals surface area contributed by atoms with Crippen molar-refractivity contribution in [2.24, 2.45) is 0 Å². The predicted molar refractivity (Wildman–Crippen MR) is 92.9 cm³/mol. The van der Waals surface area contributed by atoms with E-state index in [4.69, 9.17) is 0 Å². The van der Waals surface area contributed by atoms with Gasteiger partial charge in [0, 0.05) is 12.8 Å². The average Bonchev–Trinajstić information content (AvgIpc) is 3.08. The van der Waals surface area contributed by atoms with Crippen LogP contribution in [0.4, 0.5) is 0 Å². The van der Waals surface area contributed by atoms with E-state index in [-0.39, 0.29) is 30.6 Å². The minimum atomic E-state index is -0.0331. The molecule has 0 unspecified atom stereocenters. The lowest BCUT2D eigenvalue weighted by molar-refractivity contribution is -0.121. The standard InChI is InChI=1S/C19H21NO2S/c1-13-7-8-14-4-2-5-16(15(14)12-13)20-19(22)10-9-17(21)18-6-3-11-23-18/h3,6-8,11-12,16H,2,4-5,9-10H2,1H3,(H,20,22)/t16-/m1/s1. The third-order valence-electron chi connectivity index (χ3n) is 4.33. The van der Waals surface area contributed by atoms with E-state index in [9.17, 15) is 9.59 Å². The van der Waals surface area contributed by atoms with E-state index in [1.165, 1.54) is 28.0 Å². The molecule has 120 valence electrons. The number of benzene rings is 1. The number of aryl methyl sites for hydroxylation is 2. The van der Waals surface area contributed by atoms with Crippen LogP contribution in [0.2, 0.25) is 0 Å². The second kappa shape index (κ2) is 7.09. The molecule has 3 rings (SSSR count). The van der Waals surface area contributed by atoms with Crippen molar-refractivity contribution in [2.45, 2.75) is 45.1 Å². The maximum atomic E-state index is 12.2. The Morgan fingerprint density at radius 3 is 2.91 bits per heavy atom. The van der Waals surface area contributed by atoms with E-state index < -0.39 is 0 Å². The fourth-order valence-electron chi connectivity index (χ4n) is 3.12. The van der Waals surface area contributed by atoms with E-state index in [0.29, 0.717) is 0 Å². The maximum absolute atomic E-state index is 12.2. The van der Waals surface area contributed by atoms with Crippen LogP contribution in [0.15, 0.2) is 35.7 Å². The number of nitrogens with one attached hydrogen (secondary N) is 1. The molecule has 0 bridgehead atoms. The number of ketones is 1. The highest BCUT2D eigenvalue weighted by molar-refractivity contribution is 7.12. The molecular formula is C19H21NO2S. The number of rotatable bonds is 5. The summed E-state index contributed by atoms with van der Waals surface area (Å²) in [7, 11) is 0. The van der Waals surface area contributed by atoms with Crippen LogP contribution in [0.1, 0.15) is 58.1 Å². The lowest BCUT2D eigenvalue weighted by Crippen LogP contribution is -2.31. The number of amides is 1. The van der Waals surface area contributed by atoms with Gasteiger partial charge in [-0.25, -0.2) is 0 Å². The van der Waals surface area contributed by atoms with Crippen molar-refractivity contribution in [3.05, 3.63) is 57.3 Å². The molecule has 1 aromatic carbocycles. The highest BCUT2D eigenvalue weighted by Gasteiger charge is 2.22. The molecule has 23 heavy (non-hydrogen) atoms. The largest absolute Gasteiger partial charge is 0.349 e. The van der Waals surface area contributed by atoms with Gasteiger partial charge in [0.2, 0.25) is 5.91 Å². The normalized spacial score (nSPS) is 16.7. The molecule has 1 atom stereocenters. The van der Waals surface area contributed by atoms with E-state index in [1.807, 2.05) is 17.5 Å². The number of fused-ring (bicyclic) bond motifs is 1. The highest BCUT2D eigenvalue weighted by atomic mass is 32.1. The average molecular weight is 327 g/mol. The molecule has 2 aromatic rings. The van der Waals surface area contributed by atoms with Crippen molar-refractivity contribution in [1.82, 2.24) is 5.32 Å². The number of Topliss-reactive ketones (excluding diaryl/α,β-unsaturated/α-hetero) is 1. The van der Waals surface area contributed by atoms with Crippen molar-refractivity contribution in [3.8, 4) is 0 Å². The molecular weight excluding hydrogens is 306 g/mol. The summed E-state index contributed by atoms with van der Waals surface area (Å²) in [5, 5.41) is 5.00. The van der Waals surface area contributed by atoms with Crippen LogP contribution in [-0.4, -0.2) is 11.7 Å². The third-order valence-corrected chi connectivity index (χ3v) is 5.24. The van der Waals surface area contributed by atoms with E-state index >= 15 is 0 Å². The van der Waals surface area contributed by atoms with Gasteiger partial charge in [0.05, 0.1) is 10.9 Å². The van der Waals surface area contributed by atoms with Gasteiger partial charge in [0.25, 0.3) is 0 Å². The maximum Gasteiger partial charge on any atom is 0.220 e. The molecule has 4 heteroatoms. The molecule has 3 nitrogen and oxygen atoms in total. The quantitative estimate of drug-likeness (QED) is 0.836. The fraction of sp³-hybridized carbons (Fsp3) is 0.368. The van der Waals surface area contributed by atoms with Gasteiger partial charge in [0.15, 0.2) is 5.78 Å². The van der Waals surface area contributed by atoms with Gasteiger partial charge in [0.1, 0.15) is 0 Å². The van der Waals surface area contributed by atoms with Crippen LogP contribution in [-0.2, 0) is 11.2 Å². The smallest absolute Gasteiger partial charge is 0.220 e. The molecule has 0 fully saturated rings. The molecule has 1 N–H and O–H groups in total. The Labute approximate surface area is 140 Å². The first-order valence-corrected chi connectivity index (χ1v) is 8.97. The summed E-state index contributed by atoms with van der Waals surface area (Å²) in [5.74, 6) is 0.0179. The lowest BCUT2D eigenvalue weighted by Gasteiger charge is -2.27. The minimum absolute atomic E-state index is 0.0331. The second-order valence-corrected chi connectivity index (χ2v) is 7.06. The van der Waals surface area contributed by atoms with Gasteiger partial charge in [-0.3, -0.25) is 9.59 Å². The SMILES string of the molecule is Cc1ccc2c(c1)[C@H](NC(=O)CCC(=O)c1cccs1)CCC2. The Balaban J connectivity index is 1.59. The van der Waals surface area contributed by atoms with Crippen LogP contribution in [0.5, 0.6) is 0 Å². The second-order valence-electron chi connectivity index (χ2n) is 6.12. The van der Waals surface area contributed by atoms with E-state index in [0.717, 1.165) is 24.1 Å². The van der Waals surface area contributed by atoms with Crippen LogP contribution in [0.3, 0.4) is 0 Å². The number of carbonyl (C=O) groups is 2. The summed E-state index contributed by atoms with van der Waals surface area (Å²) in [6.45, 7) is 2.08. The van der Waals surface area contributed by atoms with Crippen LogP contribution in [0.25, 0.3) is 0 Å². The van der Waals surface area contributed by atoms with Crippen molar-refractivity contribution in [3.63, 3.8) is 0 Å². The zero-order valence-electron chi connectivity index (χ0n) is 13.3. The Bertz CT molecular complexity index is 706. The Morgan fingerprint density at radius 1 is 1.26 bits per heavy atom. The van der Waals surface area contributed by atoms with Crippen molar-refractivity contribution in [1.29, 1.82) is 0 Å². The molecule has 0 spiro atoms. The Kier molecular flexibility index (Phi) is 4.91. The van der Waals surface area contributed by atoms with Crippen molar-refractivity contribution >= 4 is 23.0 Å². The first kappa shape index (κ1) is 15.9. The summed E-state index contributed by atoms with van der Waals surface area (Å²) in [6.07, 6.45) is 3.68. The van der Waals surface area contributed by atoms with Crippen LogP contribution in [0, 0.1) is 6.92 Å². The van der Waals surface area contributed by atoms with Crippen LogP contribution < -0.4 is 5.32 Å². The summed E-state index contributed by atoms with van der Waals surface area (Å²) < 4.78 is 0. The molecule has 1 aliphatic rings. The molecule has 1 heterocycles. The van der Waals surface area contributed by atoms with Gasteiger partial charge < -0.3 is 5.32 Å². The molecule has 0 radical (unpaired) electrons. The molecule has 0 saturated carbocycles. The number of hydrogen-bond acceptors (Lipinski definition) is 3. The molecule has 1 aliphatic carbocycles. The summed E-state index contributed by atoms with van der Waals surface area (Å²) >= 11 is 1.43. The van der Waals surface area contributed by atoms with E-state index in [2.05, 4.69) is 30.4 Å². The van der Waals surface area contributed by atoms with Crippen molar-refractivity contribution in [2.75, 3.05) is 0 Å². The third kappa shape index (κ3) is 3.88. The lowest BCUT2D eigenvalue weighted by atomic mass is 9.86. The number of carbonyl (C=O) groups excluding carboxylic acids is 2. The molecule has 1 aromatic heterocycles. The monoisotopic (exact) mass is 327 g/mol. The Morgan fingerprint density at radius 2 is 2.13 bits per heavy atom. The first-order chi connectivity index (χ1) is 11.1. The highest BCUT2D eigenvalue weighted by Crippen LogP contribution is 2.30. The molecule has 0 aliphatic heterocycles. The number of hydrogen-bond donors (Lipinski definition) is 1. The van der Waals surface area contributed by atoms with Gasteiger partial charge in [-0.05, 0) is 48.8 Å². The topological polar surface area (TPSA) is 46.2 Å². The van der Waals surface area contributed by atoms with Gasteiger partial charge in [-0.15, -0.1) is 11.3 Å². The number of thiophene rings is 1. The first-order valence-electron chi connectivity index (χ1n) is 8.09. The summed E-state index contributed by atoms with van der Waals surface area (Å²) in [4.78, 5) is 24.9. The van der Waals surface area contributed by atoms with Crippen LogP contribution >= 0.6 is 11.3 Å². The summed E-state index contributed by atoms with van der Waals surface area (Å²) in [5.41, 5.74) is 3.80. The van der Waals surface area contributed by atoms with Gasteiger partial charge >= 0.3 is 0 Å². The zero-order valence-corrected chi connectivity index (χ0v) is 14.1. The van der Waals surface area contributed by atoms with Gasteiger partial charge in [-0.2, -0.15) is 0 Å². The van der Waals surface area contributed by atoms with E-state index in [1.54, 1.807) is 0 Å². The Hall–Kier alpha value is -1.94. The fourth-order valence-corrected chi connectivity index (χ4v) is 3.82. The zero-order chi connectivity index (χ0) is 16.2. The van der Waals surface area contributed by atoms with Crippen molar-refractivity contribution < 1.29 is 9.59 Å². The molecule has 0 saturated heterocycles. The summed E-state index contributed by atoms with van der Waals surface area (Å²) in [6, 6.07) is 10.2. The predicted octanol–water partition coefficient (Wildman–Crippen LogP) is 4.21.